The lowest BCUT2D eigenvalue weighted by Gasteiger charge is -2.28. The summed E-state index contributed by atoms with van der Waals surface area (Å²) in [5, 5.41) is 1.36. The minimum absolute atomic E-state index is 0.00556. The van der Waals surface area contributed by atoms with Crippen LogP contribution in [0.1, 0.15) is 30.9 Å². The van der Waals surface area contributed by atoms with Crippen LogP contribution in [0.3, 0.4) is 0 Å². The van der Waals surface area contributed by atoms with Gasteiger partial charge in [0.2, 0.25) is 5.91 Å². The van der Waals surface area contributed by atoms with Crippen molar-refractivity contribution in [3.63, 3.8) is 0 Å². The van der Waals surface area contributed by atoms with Crippen molar-refractivity contribution in [3.8, 4) is 5.75 Å². The predicted octanol–water partition coefficient (Wildman–Crippen LogP) is 4.63. The van der Waals surface area contributed by atoms with Crippen LogP contribution in [0.5, 0.6) is 5.75 Å². The summed E-state index contributed by atoms with van der Waals surface area (Å²) in [5.41, 5.74) is 2.32. The largest absolute Gasteiger partial charge is 0.494 e. The number of hydrogen-bond acceptors (Lipinski definition) is 5. The zero-order valence-corrected chi connectivity index (χ0v) is 19.5. The number of amides is 1. The lowest BCUT2D eigenvalue weighted by atomic mass is 10.1. The van der Waals surface area contributed by atoms with Crippen LogP contribution in [0.25, 0.3) is 11.0 Å². The van der Waals surface area contributed by atoms with Crippen LogP contribution >= 0.6 is 11.6 Å². The predicted molar refractivity (Wildman–Crippen MR) is 125 cm³/mol. The molecule has 4 rings (SSSR count). The molecule has 0 radical (unpaired) electrons. The first kappa shape index (κ1) is 22.7. The molecule has 1 aromatic heterocycles. The fourth-order valence-electron chi connectivity index (χ4n) is 4.01. The summed E-state index contributed by atoms with van der Waals surface area (Å²) in [5.74, 6) is 0.740. The molecule has 0 spiro atoms. The summed E-state index contributed by atoms with van der Waals surface area (Å²) in [6.45, 7) is 3.03. The Balaban J connectivity index is 1.56. The zero-order chi connectivity index (χ0) is 22.7. The molecular formula is C24H26ClNO5S. The van der Waals surface area contributed by atoms with Crippen molar-refractivity contribution in [2.45, 2.75) is 38.8 Å². The van der Waals surface area contributed by atoms with E-state index in [-0.39, 0.29) is 29.9 Å². The summed E-state index contributed by atoms with van der Waals surface area (Å²) >= 11 is 6.12. The highest BCUT2D eigenvalue weighted by molar-refractivity contribution is 7.91. The molecule has 3 aromatic rings. The van der Waals surface area contributed by atoms with Crippen molar-refractivity contribution in [2.75, 3.05) is 18.1 Å². The summed E-state index contributed by atoms with van der Waals surface area (Å²) in [6, 6.07) is 12.5. The first-order valence-electron chi connectivity index (χ1n) is 10.7. The first-order chi connectivity index (χ1) is 15.3. The second-order valence-corrected chi connectivity index (χ2v) is 10.8. The third-order valence-corrected chi connectivity index (χ3v) is 7.66. The molecule has 1 saturated heterocycles. The Morgan fingerprint density at radius 3 is 2.69 bits per heavy atom. The van der Waals surface area contributed by atoms with E-state index in [0.29, 0.717) is 30.2 Å². The SMILES string of the molecule is CCCOc1ccc(CN(C(=O)Cc2coc3ccc(Cl)cc23)C2CCS(=O)(=O)C2)cc1. The van der Waals surface area contributed by atoms with Crippen LogP contribution < -0.4 is 4.74 Å². The third kappa shape index (κ3) is 5.27. The van der Waals surface area contributed by atoms with Crippen LogP contribution in [0, 0.1) is 0 Å². The Morgan fingerprint density at radius 1 is 1.22 bits per heavy atom. The molecule has 0 aliphatic carbocycles. The number of halogens is 1. The van der Waals surface area contributed by atoms with Crippen LogP contribution in [-0.4, -0.2) is 43.4 Å². The molecular weight excluding hydrogens is 450 g/mol. The van der Waals surface area contributed by atoms with Gasteiger partial charge in [-0.3, -0.25) is 4.79 Å². The van der Waals surface area contributed by atoms with E-state index in [4.69, 9.17) is 20.8 Å². The number of ether oxygens (including phenoxy) is 1. The Labute approximate surface area is 193 Å². The fourth-order valence-corrected chi connectivity index (χ4v) is 5.91. The van der Waals surface area contributed by atoms with Gasteiger partial charge in [0.05, 0.1) is 30.8 Å². The van der Waals surface area contributed by atoms with E-state index < -0.39 is 9.84 Å². The normalized spacial score (nSPS) is 17.5. The molecule has 32 heavy (non-hydrogen) atoms. The summed E-state index contributed by atoms with van der Waals surface area (Å²) in [4.78, 5) is 15.1. The molecule has 1 aliphatic heterocycles. The van der Waals surface area contributed by atoms with Gasteiger partial charge in [0.25, 0.3) is 0 Å². The number of carbonyl (C=O) groups is 1. The molecule has 2 heterocycles. The van der Waals surface area contributed by atoms with E-state index in [1.807, 2.05) is 31.2 Å². The van der Waals surface area contributed by atoms with Crippen molar-refractivity contribution in [1.82, 2.24) is 4.90 Å². The average molecular weight is 476 g/mol. The second-order valence-electron chi connectivity index (χ2n) is 8.15. The molecule has 8 heteroatoms. The Bertz CT molecular complexity index is 1200. The molecule has 1 amide bonds. The van der Waals surface area contributed by atoms with Crippen molar-refractivity contribution in [2.24, 2.45) is 0 Å². The standard InChI is InChI=1S/C24H26ClNO5S/c1-2-10-30-21-6-3-17(4-7-21)14-26(20-9-11-32(28,29)16-20)24(27)12-18-15-31-23-8-5-19(25)13-22(18)23/h3-8,13,15,20H,2,9-12,14,16H2,1H3. The number of hydrogen-bond donors (Lipinski definition) is 0. The maximum absolute atomic E-state index is 13.4. The lowest BCUT2D eigenvalue weighted by Crippen LogP contribution is -2.41. The number of rotatable bonds is 8. The van der Waals surface area contributed by atoms with Crippen LogP contribution in [0.4, 0.5) is 0 Å². The molecule has 6 nitrogen and oxygen atoms in total. The van der Waals surface area contributed by atoms with E-state index in [1.165, 1.54) is 0 Å². The minimum atomic E-state index is -3.14. The Hall–Kier alpha value is -2.51. The average Bonchev–Trinajstić information content (AvgIpc) is 3.33. The van der Waals surface area contributed by atoms with Gasteiger partial charge < -0.3 is 14.1 Å². The number of sulfone groups is 1. The lowest BCUT2D eigenvalue weighted by molar-refractivity contribution is -0.133. The maximum Gasteiger partial charge on any atom is 0.227 e. The van der Waals surface area contributed by atoms with Crippen LogP contribution in [-0.2, 0) is 27.6 Å². The number of fused-ring (bicyclic) bond motifs is 1. The number of nitrogens with zero attached hydrogens (tertiary/aromatic N) is 1. The summed E-state index contributed by atoms with van der Waals surface area (Å²) < 4.78 is 35.4. The van der Waals surface area contributed by atoms with E-state index in [1.54, 1.807) is 29.4 Å². The molecule has 1 atom stereocenters. The fraction of sp³-hybridized carbons (Fsp3) is 0.375. The quantitative estimate of drug-likeness (QED) is 0.474. The minimum Gasteiger partial charge on any atom is -0.494 e. The second kappa shape index (κ2) is 9.55. The van der Waals surface area contributed by atoms with Gasteiger partial charge in [-0.1, -0.05) is 30.7 Å². The van der Waals surface area contributed by atoms with E-state index in [2.05, 4.69) is 0 Å². The third-order valence-electron chi connectivity index (χ3n) is 5.68. The maximum atomic E-state index is 13.4. The highest BCUT2D eigenvalue weighted by Crippen LogP contribution is 2.27. The molecule has 1 fully saturated rings. The van der Waals surface area contributed by atoms with Gasteiger partial charge in [-0.2, -0.15) is 0 Å². The number of benzene rings is 2. The van der Waals surface area contributed by atoms with Gasteiger partial charge in [0, 0.05) is 28.6 Å². The van der Waals surface area contributed by atoms with Gasteiger partial charge >= 0.3 is 0 Å². The summed E-state index contributed by atoms with van der Waals surface area (Å²) in [7, 11) is -3.14. The molecule has 2 aromatic carbocycles. The van der Waals surface area contributed by atoms with Gasteiger partial charge in [-0.15, -0.1) is 0 Å². The van der Waals surface area contributed by atoms with Gasteiger partial charge in [-0.05, 0) is 48.7 Å². The van der Waals surface area contributed by atoms with Gasteiger partial charge in [0.15, 0.2) is 9.84 Å². The smallest absolute Gasteiger partial charge is 0.227 e. The Kier molecular flexibility index (Phi) is 6.76. The molecule has 1 unspecified atom stereocenters. The Morgan fingerprint density at radius 2 is 2.00 bits per heavy atom. The highest BCUT2D eigenvalue weighted by Gasteiger charge is 2.35. The molecule has 170 valence electrons. The monoisotopic (exact) mass is 475 g/mol. The molecule has 1 aliphatic rings. The molecule has 0 bridgehead atoms. The van der Waals surface area contributed by atoms with Crippen LogP contribution in [0.2, 0.25) is 5.02 Å². The van der Waals surface area contributed by atoms with E-state index in [9.17, 15) is 13.2 Å². The van der Waals surface area contributed by atoms with E-state index in [0.717, 1.165) is 28.7 Å². The number of furan rings is 1. The van der Waals surface area contributed by atoms with E-state index >= 15 is 0 Å². The zero-order valence-electron chi connectivity index (χ0n) is 17.9. The molecule has 0 saturated carbocycles. The van der Waals surface area contributed by atoms with Crippen LogP contribution in [0.15, 0.2) is 53.1 Å². The summed E-state index contributed by atoms with van der Waals surface area (Å²) in [6.07, 6.45) is 3.06. The molecule has 0 N–H and O–H groups in total. The van der Waals surface area contributed by atoms with Crippen molar-refractivity contribution in [1.29, 1.82) is 0 Å². The van der Waals surface area contributed by atoms with Gasteiger partial charge in [-0.25, -0.2) is 8.42 Å². The van der Waals surface area contributed by atoms with Gasteiger partial charge in [0.1, 0.15) is 11.3 Å². The van der Waals surface area contributed by atoms with Crippen molar-refractivity contribution >= 4 is 38.3 Å². The highest BCUT2D eigenvalue weighted by atomic mass is 35.5. The number of carbonyl (C=O) groups excluding carboxylic acids is 1. The first-order valence-corrected chi connectivity index (χ1v) is 12.9. The topological polar surface area (TPSA) is 76.8 Å². The van der Waals surface area contributed by atoms with Crippen molar-refractivity contribution in [3.05, 3.63) is 64.9 Å². The van der Waals surface area contributed by atoms with Crippen molar-refractivity contribution < 1.29 is 22.4 Å².